The fourth-order valence-electron chi connectivity index (χ4n) is 4.44. The van der Waals surface area contributed by atoms with E-state index in [2.05, 4.69) is 9.88 Å². The molecule has 2 aliphatic rings. The van der Waals surface area contributed by atoms with Crippen molar-refractivity contribution in [3.63, 3.8) is 0 Å². The van der Waals surface area contributed by atoms with Crippen molar-refractivity contribution in [2.24, 2.45) is 11.8 Å². The molecular weight excluding hydrogens is 357 g/mol. The van der Waals surface area contributed by atoms with Gasteiger partial charge in [0.2, 0.25) is 5.91 Å². The van der Waals surface area contributed by atoms with Gasteiger partial charge in [0, 0.05) is 51.5 Å². The van der Waals surface area contributed by atoms with Crippen molar-refractivity contribution in [3.05, 3.63) is 59.7 Å². The van der Waals surface area contributed by atoms with Gasteiger partial charge in [-0.25, -0.2) is 4.39 Å². The molecule has 2 saturated heterocycles. The fraction of sp³-hybridized carbons (Fsp3) is 0.455. The summed E-state index contributed by atoms with van der Waals surface area (Å²) in [6, 6.07) is 9.08. The van der Waals surface area contributed by atoms with Crippen LogP contribution in [0.1, 0.15) is 17.5 Å². The number of amides is 1. The van der Waals surface area contributed by atoms with E-state index in [0.717, 1.165) is 50.3 Å². The van der Waals surface area contributed by atoms with Crippen molar-refractivity contribution in [3.8, 4) is 5.75 Å². The van der Waals surface area contributed by atoms with Gasteiger partial charge in [-0.05, 0) is 47.6 Å². The number of likely N-dealkylation sites (tertiary alicyclic amines) is 2. The molecule has 0 unspecified atom stereocenters. The molecule has 0 spiro atoms. The van der Waals surface area contributed by atoms with Crippen molar-refractivity contribution in [2.75, 3.05) is 33.3 Å². The number of benzene rings is 1. The van der Waals surface area contributed by atoms with E-state index in [1.54, 1.807) is 18.3 Å². The maximum Gasteiger partial charge on any atom is 0.222 e. The SMILES string of the molecule is COc1ccc(CN2C[C@@H]3CN(C(=O)CCc4cccnc4)C[C@@H]3C2)cc1F. The van der Waals surface area contributed by atoms with Gasteiger partial charge < -0.3 is 9.64 Å². The zero-order valence-corrected chi connectivity index (χ0v) is 16.2. The molecule has 2 aliphatic heterocycles. The summed E-state index contributed by atoms with van der Waals surface area (Å²) in [6.07, 6.45) is 4.86. The Labute approximate surface area is 165 Å². The molecule has 2 aromatic rings. The van der Waals surface area contributed by atoms with Gasteiger partial charge in [-0.2, -0.15) is 0 Å². The van der Waals surface area contributed by atoms with Gasteiger partial charge in [0.15, 0.2) is 11.6 Å². The Kier molecular flexibility index (Phi) is 5.57. The number of hydrogen-bond donors (Lipinski definition) is 0. The van der Waals surface area contributed by atoms with Crippen molar-refractivity contribution in [1.29, 1.82) is 0 Å². The Morgan fingerprint density at radius 3 is 2.61 bits per heavy atom. The molecule has 0 bridgehead atoms. The topological polar surface area (TPSA) is 45.7 Å². The van der Waals surface area contributed by atoms with E-state index >= 15 is 0 Å². The van der Waals surface area contributed by atoms with Crippen LogP contribution in [0.3, 0.4) is 0 Å². The second-order valence-corrected chi connectivity index (χ2v) is 7.84. The Balaban J connectivity index is 1.26. The molecular formula is C22H26FN3O2. The molecule has 5 nitrogen and oxygen atoms in total. The molecule has 0 saturated carbocycles. The van der Waals surface area contributed by atoms with Crippen LogP contribution in [0.2, 0.25) is 0 Å². The van der Waals surface area contributed by atoms with Crippen LogP contribution in [-0.2, 0) is 17.8 Å². The number of carbonyl (C=O) groups is 1. The lowest BCUT2D eigenvalue weighted by atomic mass is 10.0. The quantitative estimate of drug-likeness (QED) is 0.770. The van der Waals surface area contributed by atoms with Crippen LogP contribution >= 0.6 is 0 Å². The third-order valence-corrected chi connectivity index (χ3v) is 5.89. The predicted octanol–water partition coefficient (Wildman–Crippen LogP) is 2.75. The van der Waals surface area contributed by atoms with Crippen LogP contribution in [0.15, 0.2) is 42.7 Å². The van der Waals surface area contributed by atoms with Crippen LogP contribution in [0, 0.1) is 17.7 Å². The summed E-state index contributed by atoms with van der Waals surface area (Å²) in [7, 11) is 1.48. The van der Waals surface area contributed by atoms with E-state index in [1.165, 1.54) is 7.11 Å². The number of carbonyl (C=O) groups excluding carboxylic acids is 1. The molecule has 1 aromatic heterocycles. The number of aryl methyl sites for hydroxylation is 1. The van der Waals surface area contributed by atoms with Crippen LogP contribution in [0.25, 0.3) is 0 Å². The molecule has 2 atom stereocenters. The van der Waals surface area contributed by atoms with Crippen LogP contribution in [0.4, 0.5) is 4.39 Å². The van der Waals surface area contributed by atoms with E-state index < -0.39 is 0 Å². The molecule has 0 N–H and O–H groups in total. The highest BCUT2D eigenvalue weighted by Gasteiger charge is 2.41. The third kappa shape index (κ3) is 4.17. The zero-order valence-electron chi connectivity index (χ0n) is 16.2. The largest absolute Gasteiger partial charge is 0.494 e. The summed E-state index contributed by atoms with van der Waals surface area (Å²) < 4.78 is 18.9. The smallest absolute Gasteiger partial charge is 0.222 e. The maximum absolute atomic E-state index is 13.9. The van der Waals surface area contributed by atoms with Gasteiger partial charge in [-0.3, -0.25) is 14.7 Å². The average Bonchev–Trinajstić information content (AvgIpc) is 3.26. The highest BCUT2D eigenvalue weighted by molar-refractivity contribution is 5.76. The third-order valence-electron chi connectivity index (χ3n) is 5.89. The lowest BCUT2D eigenvalue weighted by Crippen LogP contribution is -2.33. The van der Waals surface area contributed by atoms with Gasteiger partial charge in [0.1, 0.15) is 0 Å². The van der Waals surface area contributed by atoms with E-state index in [9.17, 15) is 9.18 Å². The summed E-state index contributed by atoms with van der Waals surface area (Å²) in [5, 5.41) is 0. The molecule has 6 heteroatoms. The summed E-state index contributed by atoms with van der Waals surface area (Å²) in [5.74, 6) is 1.24. The Hall–Kier alpha value is -2.47. The van der Waals surface area contributed by atoms with Crippen LogP contribution < -0.4 is 4.74 Å². The summed E-state index contributed by atoms with van der Waals surface area (Å²) in [5.41, 5.74) is 2.07. The highest BCUT2D eigenvalue weighted by atomic mass is 19.1. The number of rotatable bonds is 6. The molecule has 3 heterocycles. The van der Waals surface area contributed by atoms with Gasteiger partial charge >= 0.3 is 0 Å². The van der Waals surface area contributed by atoms with Gasteiger partial charge in [-0.1, -0.05) is 12.1 Å². The van der Waals surface area contributed by atoms with E-state index in [-0.39, 0.29) is 17.5 Å². The zero-order chi connectivity index (χ0) is 19.5. The number of ether oxygens (including phenoxy) is 1. The minimum Gasteiger partial charge on any atom is -0.494 e. The highest BCUT2D eigenvalue weighted by Crippen LogP contribution is 2.32. The monoisotopic (exact) mass is 383 g/mol. The second-order valence-electron chi connectivity index (χ2n) is 7.84. The van der Waals surface area contributed by atoms with Gasteiger partial charge in [0.25, 0.3) is 0 Å². The average molecular weight is 383 g/mol. The second kappa shape index (κ2) is 8.27. The fourth-order valence-corrected chi connectivity index (χ4v) is 4.44. The Bertz CT molecular complexity index is 816. The molecule has 0 aliphatic carbocycles. The normalized spacial score (nSPS) is 21.7. The first-order valence-corrected chi connectivity index (χ1v) is 9.84. The van der Waals surface area contributed by atoms with E-state index in [4.69, 9.17) is 4.74 Å². The lowest BCUT2D eigenvalue weighted by Gasteiger charge is -2.22. The number of nitrogens with zero attached hydrogens (tertiary/aromatic N) is 3. The first-order valence-electron chi connectivity index (χ1n) is 9.84. The van der Waals surface area contributed by atoms with Gasteiger partial charge in [-0.15, -0.1) is 0 Å². The summed E-state index contributed by atoms with van der Waals surface area (Å²) in [4.78, 5) is 21.1. The molecule has 2 fully saturated rings. The molecule has 1 aromatic carbocycles. The minimum absolute atomic E-state index is 0.238. The molecule has 28 heavy (non-hydrogen) atoms. The van der Waals surface area contributed by atoms with Crippen molar-refractivity contribution in [1.82, 2.24) is 14.8 Å². The lowest BCUT2D eigenvalue weighted by molar-refractivity contribution is -0.130. The first-order chi connectivity index (χ1) is 13.6. The number of fused-ring (bicyclic) bond motifs is 1. The molecule has 0 radical (unpaired) electrons. The van der Waals surface area contributed by atoms with Gasteiger partial charge in [0.05, 0.1) is 7.11 Å². The standard InChI is InChI=1S/C22H26FN3O2/c1-28-21-6-4-17(9-20(21)23)11-25-12-18-14-26(15-19(18)13-25)22(27)7-5-16-3-2-8-24-10-16/h2-4,6,8-10,18-19H,5,7,11-15H2,1H3/t18-,19+. The van der Waals surface area contributed by atoms with E-state index in [0.29, 0.717) is 18.3 Å². The van der Waals surface area contributed by atoms with Crippen molar-refractivity contribution < 1.29 is 13.9 Å². The first kappa shape index (κ1) is 18.9. The maximum atomic E-state index is 13.9. The van der Waals surface area contributed by atoms with Crippen LogP contribution in [0.5, 0.6) is 5.75 Å². The van der Waals surface area contributed by atoms with E-state index in [1.807, 2.05) is 29.3 Å². The molecule has 1 amide bonds. The van der Waals surface area contributed by atoms with Crippen molar-refractivity contribution in [2.45, 2.75) is 19.4 Å². The Morgan fingerprint density at radius 2 is 1.96 bits per heavy atom. The summed E-state index contributed by atoms with van der Waals surface area (Å²) >= 11 is 0. The van der Waals surface area contributed by atoms with Crippen molar-refractivity contribution >= 4 is 5.91 Å². The number of methoxy groups -OCH3 is 1. The molecule has 148 valence electrons. The minimum atomic E-state index is -0.315. The number of aromatic nitrogens is 1. The molecule has 4 rings (SSSR count). The number of halogens is 1. The summed E-state index contributed by atoms with van der Waals surface area (Å²) in [6.45, 7) is 4.34. The van der Waals surface area contributed by atoms with Crippen LogP contribution in [-0.4, -0.2) is 54.0 Å². The predicted molar refractivity (Wildman–Crippen MR) is 104 cm³/mol. The number of pyridine rings is 1. The number of hydrogen-bond acceptors (Lipinski definition) is 4. The Morgan fingerprint density at radius 1 is 1.18 bits per heavy atom.